The van der Waals surface area contributed by atoms with Gasteiger partial charge in [0, 0.05) is 5.92 Å². The van der Waals surface area contributed by atoms with Crippen LogP contribution in [-0.2, 0) is 4.79 Å². The molecule has 3 nitrogen and oxygen atoms in total. The summed E-state index contributed by atoms with van der Waals surface area (Å²) in [5.41, 5.74) is 0. The van der Waals surface area contributed by atoms with Crippen LogP contribution >= 0.6 is 0 Å². The Labute approximate surface area is 66.2 Å². The Morgan fingerprint density at radius 2 is 2.18 bits per heavy atom. The van der Waals surface area contributed by atoms with Gasteiger partial charge in [-0.1, -0.05) is 19.1 Å². The van der Waals surface area contributed by atoms with Crippen molar-refractivity contribution in [2.45, 2.75) is 13.8 Å². The van der Waals surface area contributed by atoms with Crippen molar-refractivity contribution in [2.24, 2.45) is 11.8 Å². The molecule has 0 radical (unpaired) electrons. The van der Waals surface area contributed by atoms with Crippen LogP contribution in [0.25, 0.3) is 0 Å². The second-order valence-corrected chi connectivity index (χ2v) is 2.42. The average molecular weight is 155 g/mol. The van der Waals surface area contributed by atoms with Crippen LogP contribution in [0.3, 0.4) is 0 Å². The largest absolute Gasteiger partial charge is 0.481 e. The van der Waals surface area contributed by atoms with Gasteiger partial charge in [-0.05, 0) is 13.1 Å². The highest BCUT2D eigenvalue weighted by molar-refractivity contribution is 5.77. The Bertz CT molecular complexity index is 175. The summed E-state index contributed by atoms with van der Waals surface area (Å²) >= 11 is 0. The summed E-state index contributed by atoms with van der Waals surface area (Å²) in [5, 5.41) is 15.5. The molecule has 0 saturated carbocycles. The van der Waals surface area contributed by atoms with Gasteiger partial charge in [-0.2, -0.15) is 0 Å². The van der Waals surface area contributed by atoms with Crippen molar-refractivity contribution >= 4 is 12.2 Å². The standard InChI is InChI=1S/C8H13NO2/c1-3-4-7(8(10)11)6(2)5-9/h3-7,9H,1-2H3,(H,10,11)/b4-3-,9-5?. The van der Waals surface area contributed by atoms with Crippen molar-refractivity contribution in [1.29, 1.82) is 5.41 Å². The third-order valence-electron chi connectivity index (χ3n) is 1.51. The maximum Gasteiger partial charge on any atom is 0.310 e. The van der Waals surface area contributed by atoms with Crippen molar-refractivity contribution in [3.05, 3.63) is 12.2 Å². The monoisotopic (exact) mass is 155 g/mol. The number of carbonyl (C=O) groups is 1. The van der Waals surface area contributed by atoms with E-state index in [1.54, 1.807) is 26.0 Å². The van der Waals surface area contributed by atoms with Gasteiger partial charge in [0.1, 0.15) is 0 Å². The number of carboxylic acids is 1. The highest BCUT2D eigenvalue weighted by atomic mass is 16.4. The van der Waals surface area contributed by atoms with E-state index in [1.807, 2.05) is 0 Å². The first-order chi connectivity index (χ1) is 5.13. The SMILES string of the molecule is C/C=C\C(C(=O)O)C(C)C=N. The molecule has 0 aliphatic rings. The Hall–Kier alpha value is -1.12. The lowest BCUT2D eigenvalue weighted by atomic mass is 9.95. The molecular weight excluding hydrogens is 142 g/mol. The molecule has 0 aromatic carbocycles. The summed E-state index contributed by atoms with van der Waals surface area (Å²) in [6.45, 7) is 3.48. The molecule has 0 aliphatic heterocycles. The van der Waals surface area contributed by atoms with Crippen LogP contribution in [0.5, 0.6) is 0 Å². The lowest BCUT2D eigenvalue weighted by molar-refractivity contribution is -0.140. The van der Waals surface area contributed by atoms with E-state index in [0.717, 1.165) is 6.21 Å². The third-order valence-corrected chi connectivity index (χ3v) is 1.51. The first-order valence-electron chi connectivity index (χ1n) is 3.49. The minimum Gasteiger partial charge on any atom is -0.481 e. The Morgan fingerprint density at radius 1 is 1.64 bits per heavy atom. The van der Waals surface area contributed by atoms with E-state index in [-0.39, 0.29) is 5.92 Å². The number of carboxylic acid groups (broad SMARTS) is 1. The Kier molecular flexibility index (Phi) is 4.18. The molecule has 0 bridgehead atoms. The van der Waals surface area contributed by atoms with Crippen molar-refractivity contribution in [3.8, 4) is 0 Å². The lowest BCUT2D eigenvalue weighted by Gasteiger charge is -2.10. The van der Waals surface area contributed by atoms with Crippen LogP contribution in [-0.4, -0.2) is 17.3 Å². The second kappa shape index (κ2) is 4.66. The smallest absolute Gasteiger partial charge is 0.310 e. The number of hydrogen-bond acceptors (Lipinski definition) is 2. The quantitative estimate of drug-likeness (QED) is 0.478. The molecule has 0 heterocycles. The summed E-state index contributed by atoms with van der Waals surface area (Å²) in [7, 11) is 0. The highest BCUT2D eigenvalue weighted by Crippen LogP contribution is 2.10. The number of aliphatic carboxylic acids is 1. The third kappa shape index (κ3) is 2.98. The van der Waals surface area contributed by atoms with Crippen LogP contribution in [0.2, 0.25) is 0 Å². The minimum absolute atomic E-state index is 0.233. The van der Waals surface area contributed by atoms with E-state index in [1.165, 1.54) is 0 Å². The van der Waals surface area contributed by atoms with Crippen LogP contribution < -0.4 is 0 Å². The Balaban J connectivity index is 4.32. The molecule has 62 valence electrons. The topological polar surface area (TPSA) is 61.1 Å². The van der Waals surface area contributed by atoms with Crippen molar-refractivity contribution < 1.29 is 9.90 Å². The molecule has 2 atom stereocenters. The van der Waals surface area contributed by atoms with E-state index in [0.29, 0.717) is 0 Å². The number of allylic oxidation sites excluding steroid dienone is 1. The van der Waals surface area contributed by atoms with E-state index in [4.69, 9.17) is 10.5 Å². The zero-order chi connectivity index (χ0) is 8.85. The predicted molar refractivity (Wildman–Crippen MR) is 43.9 cm³/mol. The zero-order valence-electron chi connectivity index (χ0n) is 6.74. The molecule has 0 fully saturated rings. The van der Waals surface area contributed by atoms with Gasteiger partial charge in [0.2, 0.25) is 0 Å². The molecule has 0 aliphatic carbocycles. The summed E-state index contributed by atoms with van der Waals surface area (Å²) < 4.78 is 0. The van der Waals surface area contributed by atoms with Gasteiger partial charge < -0.3 is 10.5 Å². The van der Waals surface area contributed by atoms with Gasteiger partial charge in [-0.3, -0.25) is 4.79 Å². The molecule has 0 aromatic heterocycles. The second-order valence-electron chi connectivity index (χ2n) is 2.42. The number of rotatable bonds is 4. The number of nitrogens with one attached hydrogen (secondary N) is 1. The van der Waals surface area contributed by atoms with Crippen LogP contribution in [0, 0.1) is 17.2 Å². The first kappa shape index (κ1) is 9.88. The molecule has 11 heavy (non-hydrogen) atoms. The number of hydrogen-bond donors (Lipinski definition) is 2. The maximum atomic E-state index is 10.5. The fraction of sp³-hybridized carbons (Fsp3) is 0.500. The van der Waals surface area contributed by atoms with E-state index in [9.17, 15) is 4.79 Å². The molecule has 0 amide bonds. The van der Waals surface area contributed by atoms with Crippen LogP contribution in [0.1, 0.15) is 13.8 Å². The van der Waals surface area contributed by atoms with Crippen molar-refractivity contribution in [2.75, 3.05) is 0 Å². The predicted octanol–water partition coefficient (Wildman–Crippen LogP) is 1.55. The molecule has 0 aromatic rings. The van der Waals surface area contributed by atoms with Crippen LogP contribution in [0.4, 0.5) is 0 Å². The fourth-order valence-corrected chi connectivity index (χ4v) is 0.793. The zero-order valence-corrected chi connectivity index (χ0v) is 6.74. The van der Waals surface area contributed by atoms with E-state index in [2.05, 4.69) is 0 Å². The lowest BCUT2D eigenvalue weighted by Crippen LogP contribution is -2.19. The molecular formula is C8H13NO2. The summed E-state index contributed by atoms with van der Waals surface area (Å²) in [6, 6.07) is 0. The molecule has 2 unspecified atom stereocenters. The molecule has 0 saturated heterocycles. The van der Waals surface area contributed by atoms with Gasteiger partial charge in [0.15, 0.2) is 0 Å². The van der Waals surface area contributed by atoms with Gasteiger partial charge in [-0.25, -0.2) is 0 Å². The van der Waals surface area contributed by atoms with E-state index >= 15 is 0 Å². The summed E-state index contributed by atoms with van der Waals surface area (Å²) in [6.07, 6.45) is 4.44. The normalized spacial score (nSPS) is 16.2. The summed E-state index contributed by atoms with van der Waals surface area (Å²) in [5.74, 6) is -1.67. The molecule has 0 rings (SSSR count). The summed E-state index contributed by atoms with van der Waals surface area (Å²) in [4.78, 5) is 10.5. The van der Waals surface area contributed by atoms with Gasteiger partial charge in [-0.15, -0.1) is 0 Å². The Morgan fingerprint density at radius 3 is 2.45 bits per heavy atom. The van der Waals surface area contributed by atoms with Gasteiger partial charge in [0.05, 0.1) is 5.92 Å². The molecule has 0 spiro atoms. The molecule has 3 heteroatoms. The molecule has 2 N–H and O–H groups in total. The van der Waals surface area contributed by atoms with E-state index < -0.39 is 11.9 Å². The van der Waals surface area contributed by atoms with Gasteiger partial charge in [0.25, 0.3) is 0 Å². The van der Waals surface area contributed by atoms with Crippen molar-refractivity contribution in [1.82, 2.24) is 0 Å². The highest BCUT2D eigenvalue weighted by Gasteiger charge is 2.19. The first-order valence-corrected chi connectivity index (χ1v) is 3.49. The van der Waals surface area contributed by atoms with Crippen LogP contribution in [0.15, 0.2) is 12.2 Å². The maximum absolute atomic E-state index is 10.5. The minimum atomic E-state index is -0.876. The average Bonchev–Trinajstić information content (AvgIpc) is 1.98. The van der Waals surface area contributed by atoms with Gasteiger partial charge >= 0.3 is 5.97 Å². The van der Waals surface area contributed by atoms with Crippen molar-refractivity contribution in [3.63, 3.8) is 0 Å². The fourth-order valence-electron chi connectivity index (χ4n) is 0.793.